The molecule has 2 rings (SSSR count). The highest BCUT2D eigenvalue weighted by atomic mass is 16.2. The van der Waals surface area contributed by atoms with E-state index >= 15 is 0 Å². The molecular formula is C18H29N2O+. The van der Waals surface area contributed by atoms with E-state index in [1.165, 1.54) is 16.9 Å². The van der Waals surface area contributed by atoms with Crippen molar-refractivity contribution < 1.29 is 9.69 Å². The monoisotopic (exact) mass is 289 g/mol. The third-order valence-corrected chi connectivity index (χ3v) is 4.49. The Hall–Kier alpha value is -1.35. The van der Waals surface area contributed by atoms with Crippen molar-refractivity contribution in [1.82, 2.24) is 0 Å². The van der Waals surface area contributed by atoms with Crippen molar-refractivity contribution >= 4 is 11.6 Å². The van der Waals surface area contributed by atoms with Crippen LogP contribution in [0.4, 0.5) is 5.69 Å². The van der Waals surface area contributed by atoms with Gasteiger partial charge in [0.15, 0.2) is 6.54 Å². The van der Waals surface area contributed by atoms with Crippen LogP contribution in [-0.2, 0) is 11.2 Å². The lowest BCUT2D eigenvalue weighted by molar-refractivity contribution is -0.904. The van der Waals surface area contributed by atoms with E-state index in [4.69, 9.17) is 0 Å². The van der Waals surface area contributed by atoms with Crippen molar-refractivity contribution in [2.45, 2.75) is 40.5 Å². The minimum atomic E-state index is 0.148. The number of amides is 1. The summed E-state index contributed by atoms with van der Waals surface area (Å²) in [4.78, 5) is 13.8. The van der Waals surface area contributed by atoms with Gasteiger partial charge in [-0.1, -0.05) is 39.0 Å². The number of carbonyl (C=O) groups is 1. The van der Waals surface area contributed by atoms with Gasteiger partial charge in [-0.25, -0.2) is 0 Å². The van der Waals surface area contributed by atoms with Crippen molar-refractivity contribution in [2.75, 3.05) is 25.0 Å². The Labute approximate surface area is 128 Å². The second-order valence-electron chi connectivity index (χ2n) is 6.79. The van der Waals surface area contributed by atoms with E-state index in [9.17, 15) is 4.79 Å². The van der Waals surface area contributed by atoms with Crippen LogP contribution in [0.5, 0.6) is 0 Å². The van der Waals surface area contributed by atoms with Crippen LogP contribution in [0.3, 0.4) is 0 Å². The van der Waals surface area contributed by atoms with Gasteiger partial charge in [-0.3, -0.25) is 4.79 Å². The van der Waals surface area contributed by atoms with Gasteiger partial charge in [0, 0.05) is 17.5 Å². The molecule has 0 saturated carbocycles. The summed E-state index contributed by atoms with van der Waals surface area (Å²) in [5, 5.41) is 3.15. The molecule has 3 nitrogen and oxygen atoms in total. The van der Waals surface area contributed by atoms with Gasteiger partial charge in [-0.2, -0.15) is 0 Å². The van der Waals surface area contributed by atoms with Crippen LogP contribution in [0.2, 0.25) is 0 Å². The summed E-state index contributed by atoms with van der Waals surface area (Å²) in [5.74, 6) is 1.60. The number of hydrogen-bond acceptors (Lipinski definition) is 1. The molecule has 1 aromatic rings. The summed E-state index contributed by atoms with van der Waals surface area (Å²) in [5.41, 5.74) is 3.39. The molecule has 1 aliphatic heterocycles. The van der Waals surface area contributed by atoms with Gasteiger partial charge in [0.2, 0.25) is 0 Å². The van der Waals surface area contributed by atoms with Crippen LogP contribution in [0.15, 0.2) is 18.2 Å². The highest BCUT2D eigenvalue weighted by Gasteiger charge is 2.26. The largest absolute Gasteiger partial charge is 0.327 e. The lowest BCUT2D eigenvalue weighted by Crippen LogP contribution is -3.15. The molecule has 1 aromatic carbocycles. The molecule has 1 amide bonds. The summed E-state index contributed by atoms with van der Waals surface area (Å²) in [6.45, 7) is 11.6. The van der Waals surface area contributed by atoms with Crippen molar-refractivity contribution in [1.29, 1.82) is 0 Å². The molecule has 0 spiro atoms. The zero-order valence-electron chi connectivity index (χ0n) is 13.8. The summed E-state index contributed by atoms with van der Waals surface area (Å²) in [6.07, 6.45) is 2.24. The third kappa shape index (κ3) is 4.31. The molecule has 1 aliphatic rings. The van der Waals surface area contributed by atoms with E-state index in [1.807, 2.05) is 0 Å². The molecule has 0 aromatic heterocycles. The summed E-state index contributed by atoms with van der Waals surface area (Å²) < 4.78 is 0. The molecule has 0 aliphatic carbocycles. The molecule has 0 unspecified atom stereocenters. The van der Waals surface area contributed by atoms with Gasteiger partial charge in [-0.15, -0.1) is 0 Å². The summed E-state index contributed by atoms with van der Waals surface area (Å²) >= 11 is 0. The molecule has 1 heterocycles. The Morgan fingerprint density at radius 3 is 2.57 bits per heavy atom. The molecule has 1 saturated heterocycles. The Bertz CT molecular complexity index is 488. The highest BCUT2D eigenvalue weighted by Crippen LogP contribution is 2.20. The van der Waals surface area contributed by atoms with Crippen LogP contribution in [0.25, 0.3) is 0 Å². The van der Waals surface area contributed by atoms with Gasteiger partial charge < -0.3 is 10.2 Å². The number of para-hydroxylation sites is 1. The average Bonchev–Trinajstić information content (AvgIpc) is 2.39. The number of nitrogens with one attached hydrogen (secondary N) is 2. The molecule has 21 heavy (non-hydrogen) atoms. The van der Waals surface area contributed by atoms with E-state index in [0.29, 0.717) is 6.54 Å². The summed E-state index contributed by atoms with van der Waals surface area (Å²) in [6, 6.07) is 6.22. The van der Waals surface area contributed by atoms with Crippen molar-refractivity contribution in [2.24, 2.45) is 11.8 Å². The van der Waals surface area contributed by atoms with Gasteiger partial charge in [0.05, 0.1) is 13.1 Å². The van der Waals surface area contributed by atoms with Crippen molar-refractivity contribution in [3.05, 3.63) is 29.3 Å². The quantitative estimate of drug-likeness (QED) is 0.874. The number of aryl methyl sites for hydroxylation is 2. The van der Waals surface area contributed by atoms with E-state index in [1.54, 1.807) is 0 Å². The van der Waals surface area contributed by atoms with E-state index in [-0.39, 0.29) is 5.91 Å². The number of hydrogen-bond donors (Lipinski definition) is 2. The maximum absolute atomic E-state index is 12.4. The number of quaternary nitrogens is 1. The Morgan fingerprint density at radius 2 is 1.95 bits per heavy atom. The standard InChI is InChI=1S/C18H28N2O/c1-5-16-8-6-7-15(4)18(16)19-17(21)12-20-10-13(2)9-14(3)11-20/h6-8,13-14H,5,9-12H2,1-4H3,(H,19,21)/p+1/t13-,14-/m1/s1. The first-order valence-corrected chi connectivity index (χ1v) is 8.21. The normalized spacial score (nSPS) is 25.6. The Morgan fingerprint density at radius 1 is 1.29 bits per heavy atom. The average molecular weight is 289 g/mol. The second kappa shape index (κ2) is 7.08. The number of benzene rings is 1. The molecule has 2 N–H and O–H groups in total. The molecule has 2 atom stereocenters. The predicted octanol–water partition coefficient (Wildman–Crippen LogP) is 2.06. The number of likely N-dealkylation sites (tertiary alicyclic amines) is 1. The Balaban J connectivity index is 1.99. The molecule has 0 bridgehead atoms. The topological polar surface area (TPSA) is 33.5 Å². The summed E-state index contributed by atoms with van der Waals surface area (Å²) in [7, 11) is 0. The fourth-order valence-electron chi connectivity index (χ4n) is 3.68. The van der Waals surface area contributed by atoms with E-state index in [0.717, 1.165) is 42.6 Å². The van der Waals surface area contributed by atoms with Gasteiger partial charge >= 0.3 is 0 Å². The smallest absolute Gasteiger partial charge is 0.279 e. The van der Waals surface area contributed by atoms with Gasteiger partial charge in [0.25, 0.3) is 5.91 Å². The predicted molar refractivity (Wildman–Crippen MR) is 87.7 cm³/mol. The lowest BCUT2D eigenvalue weighted by Gasteiger charge is -2.31. The SMILES string of the molecule is CCc1cccc(C)c1NC(=O)C[NH+]1C[C@H](C)C[C@@H](C)C1. The molecular weight excluding hydrogens is 260 g/mol. The molecule has 3 heteroatoms. The molecule has 1 fully saturated rings. The molecule has 0 radical (unpaired) electrons. The zero-order chi connectivity index (χ0) is 15.4. The number of anilines is 1. The van der Waals surface area contributed by atoms with Crippen LogP contribution in [-0.4, -0.2) is 25.5 Å². The van der Waals surface area contributed by atoms with Crippen LogP contribution in [0.1, 0.15) is 38.3 Å². The first-order chi connectivity index (χ1) is 9.99. The van der Waals surface area contributed by atoms with Crippen LogP contribution >= 0.6 is 0 Å². The van der Waals surface area contributed by atoms with Crippen LogP contribution < -0.4 is 10.2 Å². The Kier molecular flexibility index (Phi) is 5.40. The van der Waals surface area contributed by atoms with Crippen LogP contribution in [0, 0.1) is 18.8 Å². The number of carbonyl (C=O) groups excluding carboxylic acids is 1. The second-order valence-corrected chi connectivity index (χ2v) is 6.79. The van der Waals surface area contributed by atoms with Crippen molar-refractivity contribution in [3.8, 4) is 0 Å². The lowest BCUT2D eigenvalue weighted by atomic mass is 9.92. The minimum absolute atomic E-state index is 0.148. The van der Waals surface area contributed by atoms with E-state index < -0.39 is 0 Å². The first kappa shape index (κ1) is 16.0. The third-order valence-electron chi connectivity index (χ3n) is 4.49. The fourth-order valence-corrected chi connectivity index (χ4v) is 3.68. The maximum Gasteiger partial charge on any atom is 0.279 e. The zero-order valence-corrected chi connectivity index (χ0v) is 13.8. The first-order valence-electron chi connectivity index (χ1n) is 8.21. The van der Waals surface area contributed by atoms with Gasteiger partial charge in [-0.05, 0) is 30.9 Å². The van der Waals surface area contributed by atoms with Gasteiger partial charge in [0.1, 0.15) is 0 Å². The fraction of sp³-hybridized carbons (Fsp3) is 0.611. The number of rotatable bonds is 4. The molecule has 116 valence electrons. The number of piperidine rings is 1. The highest BCUT2D eigenvalue weighted by molar-refractivity contribution is 5.93. The van der Waals surface area contributed by atoms with E-state index in [2.05, 4.69) is 51.2 Å². The maximum atomic E-state index is 12.4. The minimum Gasteiger partial charge on any atom is -0.327 e. The van der Waals surface area contributed by atoms with Crippen molar-refractivity contribution in [3.63, 3.8) is 0 Å².